The Morgan fingerprint density at radius 3 is 2.61 bits per heavy atom. The van der Waals surface area contributed by atoms with Gasteiger partial charge in [0.1, 0.15) is 5.75 Å². The molecule has 1 aromatic carbocycles. The lowest BCUT2D eigenvalue weighted by Crippen LogP contribution is -2.43. The van der Waals surface area contributed by atoms with Crippen molar-refractivity contribution in [3.8, 4) is 5.75 Å². The van der Waals surface area contributed by atoms with E-state index in [4.69, 9.17) is 4.74 Å². The van der Waals surface area contributed by atoms with E-state index < -0.39 is 0 Å². The highest BCUT2D eigenvalue weighted by molar-refractivity contribution is 5.80. The first-order valence-corrected chi connectivity index (χ1v) is 10.7. The third-order valence-electron chi connectivity index (χ3n) is 5.46. The monoisotopic (exact) mass is 388 g/mol. The fourth-order valence-electron chi connectivity index (χ4n) is 3.62. The number of piperidine rings is 1. The van der Waals surface area contributed by atoms with Crippen LogP contribution < -0.4 is 4.74 Å². The number of benzene rings is 1. The van der Waals surface area contributed by atoms with E-state index >= 15 is 0 Å². The van der Waals surface area contributed by atoms with Gasteiger partial charge in [-0.1, -0.05) is 25.5 Å². The Morgan fingerprint density at radius 2 is 1.93 bits per heavy atom. The standard InChI is InChI=1S/C23H36N2O3/c1-4-5-14-24(3)23(27)20-12-15-25(16-13-20)22(26)11-6-7-17-28-21-10-8-9-19(2)18-21/h8-10,18,20H,4-7,11-17H2,1-3H3. The minimum absolute atomic E-state index is 0.0774. The Balaban J connectivity index is 1.60. The Kier molecular flexibility index (Phi) is 9.32. The summed E-state index contributed by atoms with van der Waals surface area (Å²) in [4.78, 5) is 28.7. The summed E-state index contributed by atoms with van der Waals surface area (Å²) in [6.07, 6.45) is 6.00. The van der Waals surface area contributed by atoms with Crippen molar-refractivity contribution < 1.29 is 14.3 Å². The Labute approximate surface area is 170 Å². The van der Waals surface area contributed by atoms with Crippen LogP contribution in [0.4, 0.5) is 0 Å². The number of carbonyl (C=O) groups excluding carboxylic acids is 2. The topological polar surface area (TPSA) is 49.9 Å². The zero-order valence-corrected chi connectivity index (χ0v) is 17.8. The summed E-state index contributed by atoms with van der Waals surface area (Å²) in [7, 11) is 1.90. The summed E-state index contributed by atoms with van der Waals surface area (Å²) < 4.78 is 5.74. The van der Waals surface area contributed by atoms with Gasteiger partial charge in [-0.3, -0.25) is 9.59 Å². The molecule has 2 rings (SSSR count). The van der Waals surface area contributed by atoms with Crippen molar-refractivity contribution >= 4 is 11.8 Å². The lowest BCUT2D eigenvalue weighted by Gasteiger charge is -2.33. The summed E-state index contributed by atoms with van der Waals surface area (Å²) >= 11 is 0. The van der Waals surface area contributed by atoms with Gasteiger partial charge >= 0.3 is 0 Å². The summed E-state index contributed by atoms with van der Waals surface area (Å²) in [6.45, 7) is 7.06. The summed E-state index contributed by atoms with van der Waals surface area (Å²) in [5, 5.41) is 0. The van der Waals surface area contributed by atoms with Crippen molar-refractivity contribution in [1.29, 1.82) is 0 Å². The Morgan fingerprint density at radius 1 is 1.18 bits per heavy atom. The molecular weight excluding hydrogens is 352 g/mol. The smallest absolute Gasteiger partial charge is 0.225 e. The van der Waals surface area contributed by atoms with Crippen molar-refractivity contribution in [2.24, 2.45) is 5.92 Å². The molecule has 0 spiro atoms. The molecule has 5 heteroatoms. The molecule has 5 nitrogen and oxygen atoms in total. The molecule has 0 bridgehead atoms. The van der Waals surface area contributed by atoms with Crippen molar-refractivity contribution in [1.82, 2.24) is 9.80 Å². The van der Waals surface area contributed by atoms with Crippen molar-refractivity contribution in [3.63, 3.8) is 0 Å². The van der Waals surface area contributed by atoms with Gasteiger partial charge in [-0.25, -0.2) is 0 Å². The average Bonchev–Trinajstić information content (AvgIpc) is 2.71. The molecule has 156 valence electrons. The number of amides is 2. The first kappa shape index (κ1) is 22.3. The van der Waals surface area contributed by atoms with Crippen LogP contribution in [0.25, 0.3) is 0 Å². The molecule has 1 aliphatic heterocycles. The number of unbranched alkanes of at least 4 members (excludes halogenated alkanes) is 2. The number of hydrogen-bond donors (Lipinski definition) is 0. The van der Waals surface area contributed by atoms with Crippen LogP contribution in [-0.2, 0) is 9.59 Å². The molecule has 1 heterocycles. The minimum atomic E-state index is 0.0774. The first-order valence-electron chi connectivity index (χ1n) is 10.7. The van der Waals surface area contributed by atoms with E-state index in [0.717, 1.165) is 50.8 Å². The van der Waals surface area contributed by atoms with E-state index in [1.807, 2.05) is 48.0 Å². The average molecular weight is 389 g/mol. The highest BCUT2D eigenvalue weighted by Crippen LogP contribution is 2.20. The molecule has 28 heavy (non-hydrogen) atoms. The van der Waals surface area contributed by atoms with Crippen molar-refractivity contribution in [3.05, 3.63) is 29.8 Å². The fourth-order valence-corrected chi connectivity index (χ4v) is 3.62. The van der Waals surface area contributed by atoms with Gasteiger partial charge in [0, 0.05) is 39.0 Å². The fraction of sp³-hybridized carbons (Fsp3) is 0.652. The molecule has 0 unspecified atom stereocenters. The predicted molar refractivity (Wildman–Crippen MR) is 112 cm³/mol. The normalized spacial score (nSPS) is 14.8. The molecule has 1 aliphatic rings. The van der Waals surface area contributed by atoms with E-state index in [-0.39, 0.29) is 17.7 Å². The second kappa shape index (κ2) is 11.7. The number of ether oxygens (including phenoxy) is 1. The van der Waals surface area contributed by atoms with E-state index in [2.05, 4.69) is 6.92 Å². The largest absolute Gasteiger partial charge is 0.494 e. The minimum Gasteiger partial charge on any atom is -0.494 e. The van der Waals surface area contributed by atoms with Crippen LogP contribution in [-0.4, -0.2) is 54.9 Å². The van der Waals surface area contributed by atoms with Gasteiger partial charge < -0.3 is 14.5 Å². The molecule has 2 amide bonds. The van der Waals surface area contributed by atoms with Gasteiger partial charge in [0.05, 0.1) is 6.61 Å². The van der Waals surface area contributed by atoms with Gasteiger partial charge in [-0.05, 0) is 56.7 Å². The third-order valence-corrected chi connectivity index (χ3v) is 5.46. The van der Waals surface area contributed by atoms with Crippen LogP contribution in [0.15, 0.2) is 24.3 Å². The third kappa shape index (κ3) is 7.17. The van der Waals surface area contributed by atoms with Gasteiger partial charge in [0.15, 0.2) is 0 Å². The van der Waals surface area contributed by atoms with Crippen LogP contribution in [0.5, 0.6) is 5.75 Å². The number of aryl methyl sites for hydroxylation is 1. The lowest BCUT2D eigenvalue weighted by atomic mass is 9.95. The summed E-state index contributed by atoms with van der Waals surface area (Å²) in [5.74, 6) is 1.42. The molecule has 0 atom stereocenters. The highest BCUT2D eigenvalue weighted by atomic mass is 16.5. The highest BCUT2D eigenvalue weighted by Gasteiger charge is 2.28. The lowest BCUT2D eigenvalue weighted by molar-refractivity contribution is -0.140. The molecule has 0 aliphatic carbocycles. The number of rotatable bonds is 10. The van der Waals surface area contributed by atoms with Gasteiger partial charge in [-0.2, -0.15) is 0 Å². The second-order valence-electron chi connectivity index (χ2n) is 7.89. The van der Waals surface area contributed by atoms with Crippen LogP contribution in [0.3, 0.4) is 0 Å². The molecule has 1 aromatic rings. The number of carbonyl (C=O) groups is 2. The van der Waals surface area contributed by atoms with Crippen LogP contribution in [0.2, 0.25) is 0 Å². The van der Waals surface area contributed by atoms with E-state index in [0.29, 0.717) is 26.1 Å². The number of likely N-dealkylation sites (tertiary alicyclic amines) is 1. The molecule has 0 N–H and O–H groups in total. The van der Waals surface area contributed by atoms with Gasteiger partial charge in [0.25, 0.3) is 0 Å². The maximum Gasteiger partial charge on any atom is 0.225 e. The summed E-state index contributed by atoms with van der Waals surface area (Å²) in [5.41, 5.74) is 1.19. The molecule has 0 saturated carbocycles. The first-order chi connectivity index (χ1) is 13.5. The Hall–Kier alpha value is -2.04. The number of nitrogens with zero attached hydrogens (tertiary/aromatic N) is 2. The number of hydrogen-bond acceptors (Lipinski definition) is 3. The van der Waals surface area contributed by atoms with Crippen LogP contribution >= 0.6 is 0 Å². The van der Waals surface area contributed by atoms with Crippen molar-refractivity contribution in [2.75, 3.05) is 33.3 Å². The van der Waals surface area contributed by atoms with Crippen molar-refractivity contribution in [2.45, 2.75) is 58.8 Å². The zero-order valence-electron chi connectivity index (χ0n) is 17.8. The van der Waals surface area contributed by atoms with Crippen LogP contribution in [0, 0.1) is 12.8 Å². The maximum absolute atomic E-state index is 12.5. The zero-order chi connectivity index (χ0) is 20.4. The van der Waals surface area contributed by atoms with Gasteiger partial charge in [0.2, 0.25) is 11.8 Å². The Bertz CT molecular complexity index is 624. The SMILES string of the molecule is CCCCN(C)C(=O)C1CCN(C(=O)CCCCOc2cccc(C)c2)CC1. The maximum atomic E-state index is 12.5. The molecule has 0 aromatic heterocycles. The quantitative estimate of drug-likeness (QED) is 0.568. The molecule has 1 saturated heterocycles. The van der Waals surface area contributed by atoms with E-state index in [1.54, 1.807) is 0 Å². The molecule has 0 radical (unpaired) electrons. The molecule has 1 fully saturated rings. The predicted octanol–water partition coefficient (Wildman–Crippen LogP) is 4.04. The van der Waals surface area contributed by atoms with E-state index in [9.17, 15) is 9.59 Å². The second-order valence-corrected chi connectivity index (χ2v) is 7.89. The summed E-state index contributed by atoms with van der Waals surface area (Å²) in [6, 6.07) is 8.02. The van der Waals surface area contributed by atoms with E-state index in [1.165, 1.54) is 5.56 Å². The van der Waals surface area contributed by atoms with Gasteiger partial charge in [-0.15, -0.1) is 0 Å². The van der Waals surface area contributed by atoms with Crippen LogP contribution in [0.1, 0.15) is 57.4 Å². The molecular formula is C23H36N2O3.